The Labute approximate surface area is 106 Å². The van der Waals surface area contributed by atoms with Crippen LogP contribution in [-0.4, -0.2) is 13.1 Å². The van der Waals surface area contributed by atoms with Gasteiger partial charge in [0.1, 0.15) is 0 Å². The highest BCUT2D eigenvalue weighted by atomic mass is 16.5. The van der Waals surface area contributed by atoms with Gasteiger partial charge in [-0.3, -0.25) is 0 Å². The Morgan fingerprint density at radius 2 is 1.83 bits per heavy atom. The molecule has 0 aliphatic carbocycles. The molecule has 2 rings (SSSR count). The molecular weight excluding hydrogens is 226 g/mol. The van der Waals surface area contributed by atoms with E-state index in [1.807, 2.05) is 31.2 Å². The second kappa shape index (κ2) is 4.92. The van der Waals surface area contributed by atoms with E-state index >= 15 is 0 Å². The van der Waals surface area contributed by atoms with Gasteiger partial charge >= 0.3 is 5.97 Å². The van der Waals surface area contributed by atoms with Gasteiger partial charge in [-0.25, -0.2) is 4.79 Å². The number of nitrogens with two attached hydrogens (primary N) is 1. The second-order valence-corrected chi connectivity index (χ2v) is 4.11. The van der Waals surface area contributed by atoms with E-state index in [9.17, 15) is 4.79 Å². The highest BCUT2D eigenvalue weighted by molar-refractivity contribution is 5.98. The maximum atomic E-state index is 11.8. The van der Waals surface area contributed by atoms with E-state index < -0.39 is 0 Å². The Hall–Kier alpha value is -2.29. The summed E-state index contributed by atoms with van der Waals surface area (Å²) in [6.45, 7) is 2.00. The molecule has 0 amide bonds. The summed E-state index contributed by atoms with van der Waals surface area (Å²) in [5.41, 5.74) is 9.85. The van der Waals surface area contributed by atoms with Crippen molar-refractivity contribution in [2.24, 2.45) is 0 Å². The third-order valence-electron chi connectivity index (χ3n) is 2.88. The summed E-state index contributed by atoms with van der Waals surface area (Å²) in [5, 5.41) is 0. The number of hydrogen-bond acceptors (Lipinski definition) is 3. The van der Waals surface area contributed by atoms with Crippen LogP contribution in [0.25, 0.3) is 11.1 Å². The van der Waals surface area contributed by atoms with Gasteiger partial charge in [-0.15, -0.1) is 0 Å². The van der Waals surface area contributed by atoms with Crippen LogP contribution in [0, 0.1) is 6.92 Å². The van der Waals surface area contributed by atoms with Gasteiger partial charge in [0, 0.05) is 5.69 Å². The minimum Gasteiger partial charge on any atom is -0.465 e. The van der Waals surface area contributed by atoms with Crippen LogP contribution in [-0.2, 0) is 4.74 Å². The van der Waals surface area contributed by atoms with Crippen molar-refractivity contribution in [1.82, 2.24) is 0 Å². The van der Waals surface area contributed by atoms with Crippen LogP contribution in [0.3, 0.4) is 0 Å². The monoisotopic (exact) mass is 241 g/mol. The van der Waals surface area contributed by atoms with Crippen molar-refractivity contribution in [3.05, 3.63) is 53.6 Å². The normalized spacial score (nSPS) is 10.1. The number of ether oxygens (including phenoxy) is 1. The molecule has 0 atom stereocenters. The Bertz CT molecular complexity index is 591. The van der Waals surface area contributed by atoms with Gasteiger partial charge in [-0.2, -0.15) is 0 Å². The van der Waals surface area contributed by atoms with Gasteiger partial charge < -0.3 is 10.5 Å². The first-order chi connectivity index (χ1) is 8.63. The van der Waals surface area contributed by atoms with E-state index in [0.29, 0.717) is 11.3 Å². The molecule has 0 unspecified atom stereocenters. The SMILES string of the molecule is COC(=O)c1ccc(N)cc1-c1ccccc1C. The van der Waals surface area contributed by atoms with Crippen molar-refractivity contribution >= 4 is 11.7 Å². The van der Waals surface area contributed by atoms with Crippen molar-refractivity contribution in [3.8, 4) is 11.1 Å². The molecule has 0 saturated carbocycles. The summed E-state index contributed by atoms with van der Waals surface area (Å²) in [4.78, 5) is 11.8. The van der Waals surface area contributed by atoms with Crippen molar-refractivity contribution in [2.45, 2.75) is 6.92 Å². The van der Waals surface area contributed by atoms with Gasteiger partial charge in [0.15, 0.2) is 0 Å². The number of carbonyl (C=O) groups excluding carboxylic acids is 1. The fourth-order valence-corrected chi connectivity index (χ4v) is 1.95. The zero-order valence-corrected chi connectivity index (χ0v) is 10.4. The number of anilines is 1. The smallest absolute Gasteiger partial charge is 0.338 e. The van der Waals surface area contributed by atoms with Crippen molar-refractivity contribution in [1.29, 1.82) is 0 Å². The number of aryl methyl sites for hydroxylation is 1. The third-order valence-corrected chi connectivity index (χ3v) is 2.88. The number of esters is 1. The minimum absolute atomic E-state index is 0.353. The Balaban J connectivity index is 2.66. The maximum absolute atomic E-state index is 11.8. The van der Waals surface area contributed by atoms with E-state index in [-0.39, 0.29) is 5.97 Å². The lowest BCUT2D eigenvalue weighted by Crippen LogP contribution is -2.04. The molecule has 0 heterocycles. The summed E-state index contributed by atoms with van der Waals surface area (Å²) in [7, 11) is 1.38. The zero-order valence-electron chi connectivity index (χ0n) is 10.4. The van der Waals surface area contributed by atoms with Crippen LogP contribution in [0.4, 0.5) is 5.69 Å². The molecule has 2 aromatic carbocycles. The van der Waals surface area contributed by atoms with E-state index in [1.165, 1.54) is 7.11 Å². The summed E-state index contributed by atoms with van der Waals surface area (Å²) in [6, 6.07) is 13.1. The predicted octanol–water partition coefficient (Wildman–Crippen LogP) is 3.03. The van der Waals surface area contributed by atoms with Crippen LogP contribution in [0.1, 0.15) is 15.9 Å². The molecule has 18 heavy (non-hydrogen) atoms. The minimum atomic E-state index is -0.353. The topological polar surface area (TPSA) is 52.3 Å². The average Bonchev–Trinajstić information content (AvgIpc) is 2.38. The molecule has 0 spiro atoms. The zero-order chi connectivity index (χ0) is 13.1. The molecule has 0 saturated heterocycles. The number of carbonyl (C=O) groups is 1. The van der Waals surface area contributed by atoms with E-state index in [2.05, 4.69) is 0 Å². The Kier molecular flexibility index (Phi) is 3.33. The van der Waals surface area contributed by atoms with Crippen LogP contribution >= 0.6 is 0 Å². The molecule has 92 valence electrons. The molecule has 2 N–H and O–H groups in total. The number of rotatable bonds is 2. The molecule has 0 radical (unpaired) electrons. The summed E-state index contributed by atoms with van der Waals surface area (Å²) >= 11 is 0. The van der Waals surface area contributed by atoms with E-state index in [4.69, 9.17) is 10.5 Å². The number of hydrogen-bond donors (Lipinski definition) is 1. The van der Waals surface area contributed by atoms with E-state index in [0.717, 1.165) is 16.7 Å². The largest absolute Gasteiger partial charge is 0.465 e. The Morgan fingerprint density at radius 1 is 1.11 bits per heavy atom. The van der Waals surface area contributed by atoms with Gasteiger partial charge in [-0.1, -0.05) is 24.3 Å². The maximum Gasteiger partial charge on any atom is 0.338 e. The lowest BCUT2D eigenvalue weighted by Gasteiger charge is -2.11. The number of benzene rings is 2. The average molecular weight is 241 g/mol. The molecule has 0 aliphatic heterocycles. The molecule has 0 bridgehead atoms. The van der Waals surface area contributed by atoms with E-state index in [1.54, 1.807) is 18.2 Å². The highest BCUT2D eigenvalue weighted by Gasteiger charge is 2.14. The first-order valence-electron chi connectivity index (χ1n) is 5.67. The molecule has 3 heteroatoms. The standard InChI is InChI=1S/C15H15NO2/c1-10-5-3-4-6-12(10)14-9-11(16)7-8-13(14)15(17)18-2/h3-9H,16H2,1-2H3. The second-order valence-electron chi connectivity index (χ2n) is 4.11. The summed E-state index contributed by atoms with van der Waals surface area (Å²) in [6.07, 6.45) is 0. The number of methoxy groups -OCH3 is 1. The molecule has 0 aliphatic rings. The lowest BCUT2D eigenvalue weighted by atomic mass is 9.95. The fourth-order valence-electron chi connectivity index (χ4n) is 1.95. The fraction of sp³-hybridized carbons (Fsp3) is 0.133. The molecular formula is C15H15NO2. The summed E-state index contributed by atoms with van der Waals surface area (Å²) < 4.78 is 4.80. The third kappa shape index (κ3) is 2.20. The molecule has 0 fully saturated rings. The first kappa shape index (κ1) is 12.2. The van der Waals surface area contributed by atoms with Crippen molar-refractivity contribution in [3.63, 3.8) is 0 Å². The lowest BCUT2D eigenvalue weighted by molar-refractivity contribution is 0.0601. The van der Waals surface area contributed by atoms with Gasteiger partial charge in [0.25, 0.3) is 0 Å². The van der Waals surface area contributed by atoms with Crippen molar-refractivity contribution < 1.29 is 9.53 Å². The number of nitrogen functional groups attached to an aromatic ring is 1. The highest BCUT2D eigenvalue weighted by Crippen LogP contribution is 2.29. The van der Waals surface area contributed by atoms with Gasteiger partial charge in [0.05, 0.1) is 12.7 Å². The van der Waals surface area contributed by atoms with Crippen LogP contribution in [0.15, 0.2) is 42.5 Å². The molecule has 3 nitrogen and oxygen atoms in total. The Morgan fingerprint density at radius 3 is 2.50 bits per heavy atom. The van der Waals surface area contributed by atoms with Crippen LogP contribution in [0.2, 0.25) is 0 Å². The van der Waals surface area contributed by atoms with Gasteiger partial charge in [0.2, 0.25) is 0 Å². The van der Waals surface area contributed by atoms with Crippen LogP contribution in [0.5, 0.6) is 0 Å². The summed E-state index contributed by atoms with van der Waals surface area (Å²) in [5.74, 6) is -0.353. The molecule has 0 aromatic heterocycles. The first-order valence-corrected chi connectivity index (χ1v) is 5.67. The van der Waals surface area contributed by atoms with Crippen molar-refractivity contribution in [2.75, 3.05) is 12.8 Å². The van der Waals surface area contributed by atoms with Crippen LogP contribution < -0.4 is 5.73 Å². The predicted molar refractivity (Wildman–Crippen MR) is 72.4 cm³/mol. The van der Waals surface area contributed by atoms with Gasteiger partial charge in [-0.05, 0) is 41.8 Å². The molecule has 2 aromatic rings. The quantitative estimate of drug-likeness (QED) is 0.649.